The minimum absolute atomic E-state index is 0.229. The normalized spacial score (nSPS) is 14.4. The van der Waals surface area contributed by atoms with E-state index in [2.05, 4.69) is 27.8 Å². The molecule has 1 aliphatic rings. The predicted molar refractivity (Wildman–Crippen MR) is 130 cm³/mol. The van der Waals surface area contributed by atoms with E-state index < -0.39 is 0 Å². The first-order valence-electron chi connectivity index (χ1n) is 10.8. The highest BCUT2D eigenvalue weighted by molar-refractivity contribution is 7.99. The summed E-state index contributed by atoms with van der Waals surface area (Å²) in [7, 11) is 1.50. The summed E-state index contributed by atoms with van der Waals surface area (Å²) in [4.78, 5) is 31.1. The van der Waals surface area contributed by atoms with Crippen LogP contribution in [0.1, 0.15) is 43.5 Å². The van der Waals surface area contributed by atoms with Crippen LogP contribution < -0.4 is 21.1 Å². The second kappa shape index (κ2) is 10.5. The second-order valence-corrected chi connectivity index (χ2v) is 8.94. The molecule has 0 saturated heterocycles. The maximum absolute atomic E-state index is 12.9. The molecular weight excluding hydrogens is 436 g/mol. The van der Waals surface area contributed by atoms with Gasteiger partial charge in [-0.15, -0.1) is 11.8 Å². The fraction of sp³-hybridized carbons (Fsp3) is 0.240. The molecule has 0 radical (unpaired) electrons. The molecule has 2 amide bonds. The van der Waals surface area contributed by atoms with Crippen LogP contribution in [0.25, 0.3) is 0 Å². The van der Waals surface area contributed by atoms with Gasteiger partial charge in [-0.25, -0.2) is 0 Å². The van der Waals surface area contributed by atoms with Gasteiger partial charge in [-0.3, -0.25) is 14.6 Å². The molecule has 1 aromatic heterocycles. The van der Waals surface area contributed by atoms with Crippen LogP contribution >= 0.6 is 11.8 Å². The van der Waals surface area contributed by atoms with Gasteiger partial charge in [0.25, 0.3) is 11.8 Å². The topological polar surface area (TPSA) is 106 Å². The van der Waals surface area contributed by atoms with Crippen molar-refractivity contribution in [2.45, 2.75) is 23.0 Å². The van der Waals surface area contributed by atoms with Gasteiger partial charge in [0, 0.05) is 34.8 Å². The van der Waals surface area contributed by atoms with Crippen LogP contribution in [0.15, 0.2) is 65.8 Å². The molecule has 0 spiro atoms. The lowest BCUT2D eigenvalue weighted by molar-refractivity contribution is 0.0949. The lowest BCUT2D eigenvalue weighted by Gasteiger charge is -2.13. The van der Waals surface area contributed by atoms with E-state index in [1.165, 1.54) is 17.6 Å². The number of nitrogens with zero attached hydrogens (tertiary/aromatic N) is 1. The number of carbonyl (C=O) groups excluding carboxylic acids is 2. The molecule has 2 heterocycles. The number of anilines is 1. The molecule has 170 valence electrons. The summed E-state index contributed by atoms with van der Waals surface area (Å²) in [6.07, 6.45) is 4.96. The minimum Gasteiger partial charge on any atom is -0.496 e. The maximum atomic E-state index is 12.9. The van der Waals surface area contributed by atoms with Gasteiger partial charge >= 0.3 is 0 Å². The van der Waals surface area contributed by atoms with Crippen molar-refractivity contribution in [1.29, 1.82) is 0 Å². The molecule has 0 bridgehead atoms. The van der Waals surface area contributed by atoms with Crippen molar-refractivity contribution in [3.8, 4) is 5.75 Å². The van der Waals surface area contributed by atoms with Crippen LogP contribution in [0, 0.1) is 0 Å². The Hall–Kier alpha value is -3.36. The highest BCUT2D eigenvalue weighted by atomic mass is 32.2. The van der Waals surface area contributed by atoms with Crippen molar-refractivity contribution in [3.63, 3.8) is 0 Å². The van der Waals surface area contributed by atoms with E-state index in [-0.39, 0.29) is 17.1 Å². The van der Waals surface area contributed by atoms with Crippen LogP contribution in [-0.4, -0.2) is 37.0 Å². The molecule has 4 rings (SSSR count). The first kappa shape index (κ1) is 22.8. The van der Waals surface area contributed by atoms with Crippen molar-refractivity contribution in [2.75, 3.05) is 25.5 Å². The van der Waals surface area contributed by atoms with Crippen LogP contribution in [0.4, 0.5) is 5.69 Å². The molecule has 1 unspecified atom stereocenters. The fourth-order valence-corrected chi connectivity index (χ4v) is 4.99. The molecule has 0 saturated carbocycles. The van der Waals surface area contributed by atoms with Crippen LogP contribution in [-0.2, 0) is 6.42 Å². The number of methoxy groups -OCH3 is 1. The third-order valence-electron chi connectivity index (χ3n) is 5.41. The third kappa shape index (κ3) is 5.35. The Balaban J connectivity index is 1.48. The number of rotatable bonds is 8. The lowest BCUT2D eigenvalue weighted by atomic mass is 10.0. The van der Waals surface area contributed by atoms with Crippen molar-refractivity contribution in [3.05, 3.63) is 83.2 Å². The van der Waals surface area contributed by atoms with E-state index in [9.17, 15) is 9.59 Å². The molecule has 2 aromatic carbocycles. The molecule has 0 aliphatic carbocycles. The molecule has 1 atom stereocenters. The molecule has 33 heavy (non-hydrogen) atoms. The average Bonchev–Trinajstić information content (AvgIpc) is 3.28. The van der Waals surface area contributed by atoms with Crippen molar-refractivity contribution in [1.82, 2.24) is 10.3 Å². The number of fused-ring (bicyclic) bond motifs is 1. The number of carbonyl (C=O) groups is 2. The SMILES string of the molecule is COc1ccc(NC(=O)c2cncc(C3Cc4ccccc4S3)c2)cc1C(=O)NCCCN. The summed E-state index contributed by atoms with van der Waals surface area (Å²) < 4.78 is 5.31. The van der Waals surface area contributed by atoms with Crippen molar-refractivity contribution < 1.29 is 14.3 Å². The maximum Gasteiger partial charge on any atom is 0.257 e. The van der Waals surface area contributed by atoms with Crippen LogP contribution in [0.5, 0.6) is 5.75 Å². The fourth-order valence-electron chi connectivity index (χ4n) is 3.69. The molecule has 7 nitrogen and oxygen atoms in total. The predicted octanol–water partition coefficient (Wildman–Crippen LogP) is 3.81. The second-order valence-electron chi connectivity index (χ2n) is 7.69. The van der Waals surface area contributed by atoms with Gasteiger partial charge in [-0.1, -0.05) is 18.2 Å². The average molecular weight is 463 g/mol. The monoisotopic (exact) mass is 462 g/mol. The van der Waals surface area contributed by atoms with Crippen LogP contribution in [0.3, 0.4) is 0 Å². The lowest BCUT2D eigenvalue weighted by Crippen LogP contribution is -2.26. The van der Waals surface area contributed by atoms with Gasteiger partial charge in [-0.05, 0) is 60.8 Å². The van der Waals surface area contributed by atoms with E-state index in [1.807, 2.05) is 24.4 Å². The van der Waals surface area contributed by atoms with Crippen LogP contribution in [0.2, 0.25) is 0 Å². The summed E-state index contributed by atoms with van der Waals surface area (Å²) >= 11 is 1.79. The summed E-state index contributed by atoms with van der Waals surface area (Å²) in [5.41, 5.74) is 9.13. The summed E-state index contributed by atoms with van der Waals surface area (Å²) in [6.45, 7) is 0.961. The molecule has 1 aliphatic heterocycles. The van der Waals surface area contributed by atoms with Gasteiger partial charge in [0.2, 0.25) is 0 Å². The van der Waals surface area contributed by atoms with Crippen molar-refractivity contribution in [2.24, 2.45) is 5.73 Å². The number of hydrogen-bond donors (Lipinski definition) is 3. The zero-order valence-corrected chi connectivity index (χ0v) is 19.2. The van der Waals surface area contributed by atoms with E-state index in [1.54, 1.807) is 36.2 Å². The standard InChI is InChI=1S/C25H26N4O3S/c1-32-21-8-7-19(13-20(21)25(31)28-10-4-9-26)29-24(30)18-11-17(14-27-15-18)23-12-16-5-2-3-6-22(16)33-23/h2-3,5-8,11,13-15,23H,4,9-10,12,26H2,1H3,(H,28,31)(H,29,30). The molecule has 4 N–H and O–H groups in total. The smallest absolute Gasteiger partial charge is 0.257 e. The Morgan fingerprint density at radius 2 is 2.00 bits per heavy atom. The number of ether oxygens (including phenoxy) is 1. The number of nitrogens with two attached hydrogens (primary N) is 1. The zero-order chi connectivity index (χ0) is 23.2. The van der Waals surface area contributed by atoms with E-state index >= 15 is 0 Å². The van der Waals surface area contributed by atoms with Crippen molar-refractivity contribution >= 4 is 29.3 Å². The first-order chi connectivity index (χ1) is 16.1. The van der Waals surface area contributed by atoms with Gasteiger partial charge in [0.05, 0.1) is 18.2 Å². The Morgan fingerprint density at radius 1 is 1.15 bits per heavy atom. The summed E-state index contributed by atoms with van der Waals surface area (Å²) in [5.74, 6) is -0.137. The Labute approximate surface area is 197 Å². The Bertz CT molecular complexity index is 1140. The summed E-state index contributed by atoms with van der Waals surface area (Å²) in [5, 5.41) is 5.90. The third-order valence-corrected chi connectivity index (χ3v) is 6.78. The van der Waals surface area contributed by atoms with E-state index in [0.29, 0.717) is 42.1 Å². The molecular formula is C25H26N4O3S. The Kier molecular flexibility index (Phi) is 7.26. The molecule has 8 heteroatoms. The minimum atomic E-state index is -0.287. The first-order valence-corrected chi connectivity index (χ1v) is 11.6. The van der Waals surface area contributed by atoms with E-state index in [0.717, 1.165) is 12.0 Å². The number of pyridine rings is 1. The molecule has 0 fully saturated rings. The summed E-state index contributed by atoms with van der Waals surface area (Å²) in [6, 6.07) is 15.2. The van der Waals surface area contributed by atoms with Gasteiger partial charge in [0.1, 0.15) is 5.75 Å². The quantitative estimate of drug-likeness (QED) is 0.440. The highest BCUT2D eigenvalue weighted by Crippen LogP contribution is 2.46. The number of hydrogen-bond acceptors (Lipinski definition) is 6. The van der Waals surface area contributed by atoms with Gasteiger partial charge < -0.3 is 21.1 Å². The van der Waals surface area contributed by atoms with Gasteiger partial charge in [-0.2, -0.15) is 0 Å². The Morgan fingerprint density at radius 3 is 2.79 bits per heavy atom. The number of nitrogens with one attached hydrogen (secondary N) is 2. The van der Waals surface area contributed by atoms with E-state index in [4.69, 9.17) is 10.5 Å². The zero-order valence-electron chi connectivity index (χ0n) is 18.3. The number of benzene rings is 2. The number of thioether (sulfide) groups is 1. The van der Waals surface area contributed by atoms with Gasteiger partial charge in [0.15, 0.2) is 0 Å². The highest BCUT2D eigenvalue weighted by Gasteiger charge is 2.24. The number of amides is 2. The number of aromatic nitrogens is 1. The largest absolute Gasteiger partial charge is 0.496 e. The molecule has 3 aromatic rings.